The summed E-state index contributed by atoms with van der Waals surface area (Å²) in [7, 11) is 3.64. The van der Waals surface area contributed by atoms with E-state index in [0.29, 0.717) is 17.6 Å². The molecule has 0 spiro atoms. The largest absolute Gasteiger partial charge is 0.456 e. The van der Waals surface area contributed by atoms with Crippen LogP contribution in [0.4, 0.5) is 0 Å². The molecule has 2 fully saturated rings. The number of rotatable bonds is 6. The van der Waals surface area contributed by atoms with Crippen LogP contribution in [0.5, 0.6) is 0 Å². The van der Waals surface area contributed by atoms with Gasteiger partial charge in [0.05, 0.1) is 12.2 Å². The van der Waals surface area contributed by atoms with Crippen LogP contribution in [-0.2, 0) is 23.9 Å². The molecule has 4 aliphatic carbocycles. The maximum Gasteiger partial charge on any atom is 0.324 e. The number of aliphatic hydroxyl groups excluding tert-OH is 1. The summed E-state index contributed by atoms with van der Waals surface area (Å²) >= 11 is 0. The van der Waals surface area contributed by atoms with Gasteiger partial charge in [-0.05, 0) is 44.5 Å². The van der Waals surface area contributed by atoms with Gasteiger partial charge in [-0.3, -0.25) is 19.3 Å². The fourth-order valence-corrected chi connectivity index (χ4v) is 8.82. The standard InChI is InChI=1S/C30H45NO7/c1-15(2)23(31(9)10)26(35)37-25-17(4)29(36)21-11-16(3)24(34)20(21)12-19(14-32)13-22(29)28(8)27(6,7)30(25,28)38-18(5)33/h11,13,15,17,20-23,25,32,36H,12,14H2,1-10H3/t17-,20-,21-,22+,23?,25-,28-,29+,30-/m1/s1. The lowest BCUT2D eigenvalue weighted by atomic mass is 9.56. The lowest BCUT2D eigenvalue weighted by Gasteiger charge is -2.54. The highest BCUT2D eigenvalue weighted by Crippen LogP contribution is 2.84. The van der Waals surface area contributed by atoms with Crippen LogP contribution in [0.2, 0.25) is 0 Å². The Morgan fingerprint density at radius 1 is 1.18 bits per heavy atom. The Labute approximate surface area is 226 Å². The number of hydrogen-bond acceptors (Lipinski definition) is 8. The molecule has 212 valence electrons. The van der Waals surface area contributed by atoms with Gasteiger partial charge < -0.3 is 19.7 Å². The van der Waals surface area contributed by atoms with Crippen molar-refractivity contribution in [1.82, 2.24) is 4.90 Å². The SMILES string of the molecule is CC(=O)O[C@@]12[C@H](OC(=O)C(C(C)C)N(C)C)[C@@H](C)[C@]3(O)[C@@H]4C=C(C)C(=O)[C@@H]4CC(CO)=C[C@H]3[C@]1(C)C2(C)C. The van der Waals surface area contributed by atoms with Crippen LogP contribution in [0.25, 0.3) is 0 Å². The number of carbonyl (C=O) groups is 3. The molecule has 0 radical (unpaired) electrons. The first-order valence-electron chi connectivity index (χ1n) is 13.8. The molecule has 8 nitrogen and oxygen atoms in total. The molecule has 0 amide bonds. The van der Waals surface area contributed by atoms with Crippen LogP contribution in [0.15, 0.2) is 23.3 Å². The molecular formula is C30H45NO7. The smallest absolute Gasteiger partial charge is 0.324 e. The van der Waals surface area contributed by atoms with Crippen molar-refractivity contribution < 1.29 is 34.1 Å². The summed E-state index contributed by atoms with van der Waals surface area (Å²) in [5, 5.41) is 23.1. The summed E-state index contributed by atoms with van der Waals surface area (Å²) in [6.07, 6.45) is 3.16. The Bertz CT molecular complexity index is 1100. The second-order valence-electron chi connectivity index (χ2n) is 13.4. The summed E-state index contributed by atoms with van der Waals surface area (Å²) in [6.45, 7) is 14.6. The van der Waals surface area contributed by atoms with Crippen LogP contribution in [0, 0.1) is 40.4 Å². The summed E-state index contributed by atoms with van der Waals surface area (Å²) in [6, 6.07) is -0.532. The van der Waals surface area contributed by atoms with Gasteiger partial charge in [-0.1, -0.05) is 53.7 Å². The van der Waals surface area contributed by atoms with Crippen LogP contribution in [0.1, 0.15) is 61.8 Å². The van der Waals surface area contributed by atoms with Gasteiger partial charge in [-0.25, -0.2) is 0 Å². The molecule has 0 bridgehead atoms. The van der Waals surface area contributed by atoms with Crippen molar-refractivity contribution in [2.75, 3.05) is 20.7 Å². The number of allylic oxidation sites excluding steroid dienone is 1. The van der Waals surface area contributed by atoms with Gasteiger partial charge in [0.15, 0.2) is 11.4 Å². The molecule has 0 heterocycles. The summed E-state index contributed by atoms with van der Waals surface area (Å²) in [4.78, 5) is 41.4. The van der Waals surface area contributed by atoms with Crippen molar-refractivity contribution in [1.29, 1.82) is 0 Å². The molecule has 4 aliphatic rings. The summed E-state index contributed by atoms with van der Waals surface area (Å²) in [5.74, 6) is -3.29. The summed E-state index contributed by atoms with van der Waals surface area (Å²) < 4.78 is 12.6. The molecule has 1 unspecified atom stereocenters. The topological polar surface area (TPSA) is 113 Å². The third-order valence-electron chi connectivity index (χ3n) is 10.8. The van der Waals surface area contributed by atoms with E-state index in [1.54, 1.807) is 6.92 Å². The Kier molecular flexibility index (Phi) is 6.86. The third-order valence-corrected chi connectivity index (χ3v) is 10.8. The predicted molar refractivity (Wildman–Crippen MR) is 142 cm³/mol. The van der Waals surface area contributed by atoms with Gasteiger partial charge in [0.25, 0.3) is 0 Å². The van der Waals surface area contributed by atoms with Crippen molar-refractivity contribution >= 4 is 17.7 Å². The zero-order chi connectivity index (χ0) is 28.7. The molecule has 2 N–H and O–H groups in total. The van der Waals surface area contributed by atoms with E-state index in [0.717, 1.165) is 0 Å². The second kappa shape index (κ2) is 9.00. The zero-order valence-corrected chi connectivity index (χ0v) is 24.5. The highest BCUT2D eigenvalue weighted by Gasteiger charge is 2.93. The number of nitrogens with zero attached hydrogens (tertiary/aromatic N) is 1. The highest BCUT2D eigenvalue weighted by molar-refractivity contribution is 6.00. The number of ether oxygens (including phenoxy) is 2. The second-order valence-corrected chi connectivity index (χ2v) is 13.4. The van der Waals surface area contributed by atoms with Crippen molar-refractivity contribution in [2.24, 2.45) is 40.4 Å². The first kappa shape index (κ1) is 29.0. The van der Waals surface area contributed by atoms with E-state index in [2.05, 4.69) is 0 Å². The fourth-order valence-electron chi connectivity index (χ4n) is 8.82. The van der Waals surface area contributed by atoms with Crippen LogP contribution in [-0.4, -0.2) is 76.9 Å². The Balaban J connectivity index is 1.95. The number of likely N-dealkylation sites (N-methyl/N-ethyl adjacent to an activating group) is 1. The molecule has 0 aromatic heterocycles. The van der Waals surface area contributed by atoms with Gasteiger partial charge >= 0.3 is 11.9 Å². The van der Waals surface area contributed by atoms with Crippen molar-refractivity contribution in [2.45, 2.75) is 85.2 Å². The van der Waals surface area contributed by atoms with Gasteiger partial charge in [-0.2, -0.15) is 0 Å². The van der Waals surface area contributed by atoms with Crippen LogP contribution in [0.3, 0.4) is 0 Å². The van der Waals surface area contributed by atoms with E-state index in [-0.39, 0.29) is 18.3 Å². The third kappa shape index (κ3) is 3.42. The number of Topliss-reactive ketones (excluding diaryl/α,β-unsaturated/α-hetero) is 1. The average molecular weight is 532 g/mol. The normalized spacial score (nSPS) is 41.8. The number of ketones is 1. The molecule has 0 aromatic carbocycles. The highest BCUT2D eigenvalue weighted by atomic mass is 16.6. The minimum Gasteiger partial charge on any atom is -0.456 e. The minimum absolute atomic E-state index is 0.0336. The lowest BCUT2D eigenvalue weighted by molar-refractivity contribution is -0.232. The van der Waals surface area contributed by atoms with Gasteiger partial charge in [-0.15, -0.1) is 0 Å². The minimum atomic E-state index is -1.49. The lowest BCUT2D eigenvalue weighted by Crippen LogP contribution is -2.66. The molecule has 9 atom stereocenters. The molecule has 38 heavy (non-hydrogen) atoms. The molecule has 0 aromatic rings. The molecule has 2 saturated carbocycles. The molecule has 4 rings (SSSR count). The van der Waals surface area contributed by atoms with Gasteiger partial charge in [0.2, 0.25) is 0 Å². The van der Waals surface area contributed by atoms with Gasteiger partial charge in [0, 0.05) is 41.4 Å². The van der Waals surface area contributed by atoms with E-state index >= 15 is 0 Å². The van der Waals surface area contributed by atoms with E-state index in [1.165, 1.54) is 6.92 Å². The fraction of sp³-hybridized carbons (Fsp3) is 0.767. The maximum atomic E-state index is 13.7. The number of fused-ring (bicyclic) bond motifs is 5. The number of hydrogen-bond donors (Lipinski definition) is 2. The van der Waals surface area contributed by atoms with Crippen molar-refractivity contribution in [3.05, 3.63) is 23.3 Å². The molecule has 0 saturated heterocycles. The Morgan fingerprint density at radius 3 is 2.29 bits per heavy atom. The van der Waals surface area contributed by atoms with Gasteiger partial charge in [0.1, 0.15) is 12.1 Å². The number of carbonyl (C=O) groups excluding carboxylic acids is 3. The number of esters is 2. The molecule has 8 heteroatoms. The Morgan fingerprint density at radius 2 is 1.79 bits per heavy atom. The quantitative estimate of drug-likeness (QED) is 0.397. The van der Waals surface area contributed by atoms with Crippen molar-refractivity contribution in [3.63, 3.8) is 0 Å². The summed E-state index contributed by atoms with van der Waals surface area (Å²) in [5.41, 5.74) is -2.94. The first-order chi connectivity index (χ1) is 17.4. The van der Waals surface area contributed by atoms with E-state index in [9.17, 15) is 24.6 Å². The predicted octanol–water partition coefficient (Wildman–Crippen LogP) is 2.91. The molecule has 0 aliphatic heterocycles. The van der Waals surface area contributed by atoms with E-state index < -0.39 is 69.8 Å². The van der Waals surface area contributed by atoms with Crippen molar-refractivity contribution in [3.8, 4) is 0 Å². The van der Waals surface area contributed by atoms with E-state index in [1.807, 2.05) is 72.7 Å². The van der Waals surface area contributed by atoms with E-state index in [4.69, 9.17) is 9.47 Å². The maximum absolute atomic E-state index is 13.7. The Hall–Kier alpha value is -2.03. The zero-order valence-electron chi connectivity index (χ0n) is 24.5. The number of aliphatic hydroxyl groups is 2. The monoisotopic (exact) mass is 531 g/mol. The first-order valence-corrected chi connectivity index (χ1v) is 13.8. The van der Waals surface area contributed by atoms with Crippen LogP contribution >= 0.6 is 0 Å². The molecular weight excluding hydrogens is 486 g/mol. The average Bonchev–Trinajstić information content (AvgIpc) is 3.07. The van der Waals surface area contributed by atoms with Crippen LogP contribution < -0.4 is 0 Å².